The summed E-state index contributed by atoms with van der Waals surface area (Å²) < 4.78 is 70.9. The van der Waals surface area contributed by atoms with E-state index in [1.165, 1.54) is 12.1 Å². The van der Waals surface area contributed by atoms with Gasteiger partial charge in [0.1, 0.15) is 5.78 Å². The molecule has 0 radical (unpaired) electrons. The summed E-state index contributed by atoms with van der Waals surface area (Å²) in [6, 6.07) is 2.53. The minimum Gasteiger partial charge on any atom is -0.461 e. The first-order valence-electron chi connectivity index (χ1n) is 8.26. The molecule has 0 bridgehead atoms. The predicted molar refractivity (Wildman–Crippen MR) is 52.1 cm³/mol. The molecule has 1 rings (SSSR count). The van der Waals surface area contributed by atoms with Crippen molar-refractivity contribution >= 4 is 11.6 Å². The van der Waals surface area contributed by atoms with Crippen LogP contribution in [0.1, 0.15) is 49.9 Å². The zero-order chi connectivity index (χ0) is 18.3. The number of carbonyl (C=O) groups excluding carboxylic acids is 2. The lowest BCUT2D eigenvalue weighted by molar-refractivity contribution is -0.125. The summed E-state index contributed by atoms with van der Waals surface area (Å²) in [6.45, 7) is -11.0. The van der Waals surface area contributed by atoms with Crippen molar-refractivity contribution in [2.75, 3.05) is 0 Å². The van der Waals surface area contributed by atoms with E-state index in [-0.39, 0.29) is 5.76 Å². The van der Waals surface area contributed by atoms with Crippen LogP contribution in [0.2, 0.25) is 0 Å². The fourth-order valence-electron chi connectivity index (χ4n) is 0.803. The van der Waals surface area contributed by atoms with Gasteiger partial charge in [0.05, 0.1) is 12.7 Å². The average Bonchev–Trinajstić information content (AvgIpc) is 2.75. The monoisotopic (exact) mass is 203 g/mol. The second kappa shape index (κ2) is 3.78. The Balaban J connectivity index is 3.41. The van der Waals surface area contributed by atoms with Crippen molar-refractivity contribution in [1.82, 2.24) is 0 Å². The van der Waals surface area contributed by atoms with E-state index in [9.17, 15) is 9.59 Å². The molecular weight excluding hydrogens is 180 g/mol. The number of hydrogen-bond acceptors (Lipinski definition) is 3. The van der Waals surface area contributed by atoms with E-state index in [4.69, 9.17) is 16.8 Å². The molecule has 1 aromatic rings. The van der Waals surface area contributed by atoms with Crippen molar-refractivity contribution in [3.8, 4) is 0 Å². The van der Waals surface area contributed by atoms with Gasteiger partial charge >= 0.3 is 0 Å². The summed E-state index contributed by atoms with van der Waals surface area (Å²) in [4.78, 5) is 24.2. The molecule has 0 amide bonds. The first-order chi connectivity index (χ1) is 10.2. The zero-order valence-corrected chi connectivity index (χ0v) is 7.16. The van der Waals surface area contributed by atoms with Crippen LogP contribution < -0.4 is 0 Å². The highest BCUT2D eigenvalue weighted by atomic mass is 16.3. The second-order valence-corrected chi connectivity index (χ2v) is 2.75. The van der Waals surface area contributed by atoms with Gasteiger partial charge in [0.25, 0.3) is 0 Å². The predicted octanol–water partition coefficient (Wildman–Crippen LogP) is 2.47. The van der Waals surface area contributed by atoms with Crippen LogP contribution in [0, 0.1) is 5.41 Å². The summed E-state index contributed by atoms with van der Waals surface area (Å²) in [5, 5.41) is 0. The largest absolute Gasteiger partial charge is 0.461 e. The standard InChI is InChI=1S/C11H14O3/c1-11(2,3)10(13)7-8(12)9-5-4-6-14-9/h4-6H,7H2,1-3H3/i1D3,2D3,3D3. The molecule has 0 spiro atoms. The number of rotatable bonds is 3. The second-order valence-electron chi connectivity index (χ2n) is 2.75. The lowest BCUT2D eigenvalue weighted by atomic mass is 9.88. The molecule has 0 aromatic carbocycles. The highest BCUT2D eigenvalue weighted by Crippen LogP contribution is 2.18. The number of ketones is 2. The van der Waals surface area contributed by atoms with Crippen molar-refractivity contribution < 1.29 is 26.3 Å². The first kappa shape index (κ1) is 3.65. The Morgan fingerprint density at radius 2 is 2.21 bits per heavy atom. The molecule has 14 heavy (non-hydrogen) atoms. The summed E-state index contributed by atoms with van der Waals surface area (Å²) in [7, 11) is 0. The van der Waals surface area contributed by atoms with Gasteiger partial charge < -0.3 is 4.42 Å². The Kier molecular flexibility index (Phi) is 0.984. The number of hydrogen-bond donors (Lipinski definition) is 0. The Morgan fingerprint density at radius 1 is 1.50 bits per heavy atom. The highest BCUT2D eigenvalue weighted by molar-refractivity contribution is 6.07. The molecule has 0 unspecified atom stereocenters. The smallest absolute Gasteiger partial charge is 0.205 e. The Bertz CT molecular complexity index is 541. The van der Waals surface area contributed by atoms with E-state index in [0.29, 0.717) is 0 Å². The molecule has 76 valence electrons. The van der Waals surface area contributed by atoms with Crippen molar-refractivity contribution in [3.05, 3.63) is 24.2 Å². The molecule has 0 N–H and O–H groups in total. The minimum absolute atomic E-state index is 0.297. The maximum absolute atomic E-state index is 12.4. The van der Waals surface area contributed by atoms with Crippen molar-refractivity contribution in [1.29, 1.82) is 0 Å². The van der Waals surface area contributed by atoms with E-state index in [1.807, 2.05) is 0 Å². The van der Waals surface area contributed by atoms with Gasteiger partial charge in [-0.05, 0) is 12.1 Å². The van der Waals surface area contributed by atoms with Crippen molar-refractivity contribution in [3.63, 3.8) is 0 Å². The van der Waals surface area contributed by atoms with Crippen LogP contribution in [-0.2, 0) is 4.79 Å². The Morgan fingerprint density at radius 3 is 2.71 bits per heavy atom. The minimum atomic E-state index is -3.66. The molecule has 0 atom stereocenters. The molecule has 1 heterocycles. The maximum atomic E-state index is 12.4. The van der Waals surface area contributed by atoms with Gasteiger partial charge in [-0.2, -0.15) is 0 Å². The van der Waals surface area contributed by atoms with Crippen LogP contribution in [0.4, 0.5) is 0 Å². The Labute approximate surface area is 95.7 Å². The summed E-state index contributed by atoms with van der Waals surface area (Å²) in [5.74, 6) is -2.99. The maximum Gasteiger partial charge on any atom is 0.205 e. The van der Waals surface area contributed by atoms with Crippen LogP contribution in [-0.4, -0.2) is 11.6 Å². The third-order valence-electron chi connectivity index (χ3n) is 1.54. The molecule has 3 heteroatoms. The summed E-state index contributed by atoms with van der Waals surface area (Å²) in [6.07, 6.45) is -0.0785. The average molecular weight is 203 g/mol. The van der Waals surface area contributed by atoms with E-state index in [0.717, 1.165) is 6.26 Å². The molecule has 0 saturated heterocycles. The van der Waals surface area contributed by atoms with Gasteiger partial charge in [-0.1, -0.05) is 20.6 Å². The fraction of sp³-hybridized carbons (Fsp3) is 0.455. The topological polar surface area (TPSA) is 47.3 Å². The van der Waals surface area contributed by atoms with Crippen molar-refractivity contribution in [2.24, 2.45) is 5.41 Å². The normalized spacial score (nSPS) is 23.6. The van der Waals surface area contributed by atoms with Crippen molar-refractivity contribution in [2.45, 2.75) is 27.0 Å². The molecule has 0 saturated carbocycles. The molecule has 0 fully saturated rings. The fourth-order valence-corrected chi connectivity index (χ4v) is 0.803. The van der Waals surface area contributed by atoms with Gasteiger partial charge in [0.2, 0.25) is 5.78 Å². The molecule has 1 aromatic heterocycles. The summed E-state index contributed by atoms with van der Waals surface area (Å²) in [5.41, 5.74) is -3.66. The molecular formula is C11H14O3. The SMILES string of the molecule is [2H]C([2H])([2H])C(C(=O)CC(=O)c1ccco1)(C([2H])([2H])[2H])C([2H])([2H])[2H]. The van der Waals surface area contributed by atoms with Crippen LogP contribution in [0.3, 0.4) is 0 Å². The highest BCUT2D eigenvalue weighted by Gasteiger charge is 2.24. The van der Waals surface area contributed by atoms with Gasteiger partial charge in [-0.15, -0.1) is 0 Å². The van der Waals surface area contributed by atoms with Gasteiger partial charge in [0.15, 0.2) is 5.76 Å². The molecule has 3 nitrogen and oxygen atoms in total. The van der Waals surface area contributed by atoms with Crippen LogP contribution in [0.5, 0.6) is 0 Å². The zero-order valence-electron chi connectivity index (χ0n) is 16.2. The van der Waals surface area contributed by atoms with E-state index >= 15 is 0 Å². The van der Waals surface area contributed by atoms with E-state index in [2.05, 4.69) is 0 Å². The van der Waals surface area contributed by atoms with Crippen LogP contribution in [0.25, 0.3) is 0 Å². The van der Waals surface area contributed by atoms with Crippen LogP contribution in [0.15, 0.2) is 22.8 Å². The lowest BCUT2D eigenvalue weighted by Crippen LogP contribution is -2.22. The van der Waals surface area contributed by atoms with Crippen LogP contribution >= 0.6 is 0 Å². The molecule has 0 aliphatic heterocycles. The number of carbonyl (C=O) groups is 2. The van der Waals surface area contributed by atoms with Gasteiger partial charge in [0, 0.05) is 17.8 Å². The van der Waals surface area contributed by atoms with E-state index in [1.54, 1.807) is 0 Å². The third kappa shape index (κ3) is 2.55. The third-order valence-corrected chi connectivity index (χ3v) is 1.54. The Hall–Kier alpha value is -1.38. The lowest BCUT2D eigenvalue weighted by Gasteiger charge is -2.15. The summed E-state index contributed by atoms with van der Waals surface area (Å²) >= 11 is 0. The first-order valence-corrected chi connectivity index (χ1v) is 3.76. The number of Topliss-reactive ketones (excluding diaryl/α,β-unsaturated/α-hetero) is 2. The van der Waals surface area contributed by atoms with Gasteiger partial charge in [-0.3, -0.25) is 9.59 Å². The molecule has 0 aliphatic rings. The van der Waals surface area contributed by atoms with E-state index < -0.39 is 44.0 Å². The quantitative estimate of drug-likeness (QED) is 0.560. The van der Waals surface area contributed by atoms with Gasteiger partial charge in [-0.25, -0.2) is 0 Å². The molecule has 0 aliphatic carbocycles. The number of furan rings is 1.